The van der Waals surface area contributed by atoms with E-state index >= 15 is 0 Å². The molecule has 0 bridgehead atoms. The van der Waals surface area contributed by atoms with Crippen molar-refractivity contribution in [3.8, 4) is 0 Å². The highest BCUT2D eigenvalue weighted by Gasteiger charge is 2.36. The molecule has 4 N–H and O–H groups in total. The Morgan fingerprint density at radius 2 is 2.10 bits per heavy atom. The van der Waals surface area contributed by atoms with Crippen LogP contribution in [-0.4, -0.2) is 23.0 Å². The number of nitrogens with zero attached hydrogens (tertiary/aromatic N) is 1. The van der Waals surface area contributed by atoms with Crippen LogP contribution in [0.4, 0.5) is 13.2 Å². The van der Waals surface area contributed by atoms with Crippen molar-refractivity contribution in [2.45, 2.75) is 25.1 Å². The molecule has 1 unspecified atom stereocenters. The summed E-state index contributed by atoms with van der Waals surface area (Å²) in [7, 11) is 0. The summed E-state index contributed by atoms with van der Waals surface area (Å²) in [4.78, 5) is 12.0. The number of nitrogens with two attached hydrogens (primary N) is 1. The Morgan fingerprint density at radius 1 is 1.43 bits per heavy atom. The molecule has 1 aromatic rings. The fourth-order valence-electron chi connectivity index (χ4n) is 1.99. The lowest BCUT2D eigenvalue weighted by molar-refractivity contribution is -0.137. The highest BCUT2D eigenvalue weighted by Crippen LogP contribution is 2.33. The first-order valence-electron chi connectivity index (χ1n) is 6.28. The van der Waals surface area contributed by atoms with Gasteiger partial charge in [0.15, 0.2) is 5.84 Å². The fourth-order valence-corrected chi connectivity index (χ4v) is 1.99. The van der Waals surface area contributed by atoms with Crippen molar-refractivity contribution in [2.24, 2.45) is 16.8 Å². The molecule has 8 heteroatoms. The van der Waals surface area contributed by atoms with E-state index in [4.69, 9.17) is 10.9 Å². The van der Waals surface area contributed by atoms with E-state index in [1.165, 1.54) is 6.07 Å². The second-order valence-electron chi connectivity index (χ2n) is 4.89. The summed E-state index contributed by atoms with van der Waals surface area (Å²) < 4.78 is 37.8. The van der Waals surface area contributed by atoms with Crippen LogP contribution in [-0.2, 0) is 6.18 Å². The van der Waals surface area contributed by atoms with E-state index in [-0.39, 0.29) is 17.3 Å². The molecule has 1 aliphatic rings. The smallest absolute Gasteiger partial charge is 0.409 e. The van der Waals surface area contributed by atoms with E-state index in [9.17, 15) is 18.0 Å². The number of halogens is 3. The molecule has 0 aliphatic heterocycles. The number of rotatable bonds is 4. The van der Waals surface area contributed by atoms with Gasteiger partial charge in [-0.05, 0) is 37.0 Å². The van der Waals surface area contributed by atoms with Gasteiger partial charge in [-0.15, -0.1) is 0 Å². The number of carbonyl (C=O) groups excluding carboxylic acids is 1. The number of alkyl halides is 3. The van der Waals surface area contributed by atoms with Gasteiger partial charge in [-0.25, -0.2) is 0 Å². The number of amides is 1. The average molecular weight is 301 g/mol. The first-order chi connectivity index (χ1) is 9.82. The Bertz CT molecular complexity index is 568. The molecular formula is C13H14F3N3O2. The summed E-state index contributed by atoms with van der Waals surface area (Å²) >= 11 is 0. The lowest BCUT2D eigenvalue weighted by Gasteiger charge is -2.17. The van der Waals surface area contributed by atoms with Crippen molar-refractivity contribution < 1.29 is 23.2 Å². The second-order valence-corrected chi connectivity index (χ2v) is 4.89. The quantitative estimate of drug-likeness (QED) is 0.344. The predicted octanol–water partition coefficient (Wildman–Crippen LogP) is 1.96. The van der Waals surface area contributed by atoms with Gasteiger partial charge in [0.1, 0.15) is 0 Å². The summed E-state index contributed by atoms with van der Waals surface area (Å²) in [5.41, 5.74) is 4.46. The third kappa shape index (κ3) is 3.65. The minimum Gasteiger partial charge on any atom is -0.409 e. The van der Waals surface area contributed by atoms with Gasteiger partial charge in [0.05, 0.1) is 11.6 Å². The number of carbonyl (C=O) groups is 1. The Hall–Kier alpha value is -2.25. The highest BCUT2D eigenvalue weighted by molar-refractivity contribution is 5.98. The summed E-state index contributed by atoms with van der Waals surface area (Å²) in [6.07, 6.45) is -2.90. The summed E-state index contributed by atoms with van der Waals surface area (Å²) in [5, 5.41) is 14.0. The maximum Gasteiger partial charge on any atom is 0.416 e. The molecule has 1 amide bonds. The van der Waals surface area contributed by atoms with Crippen molar-refractivity contribution in [3.63, 3.8) is 0 Å². The number of amidine groups is 1. The molecule has 5 nitrogen and oxygen atoms in total. The Labute approximate surface area is 118 Å². The van der Waals surface area contributed by atoms with Crippen molar-refractivity contribution in [3.05, 3.63) is 35.4 Å². The standard InChI is InChI=1S/C13H14F3N3O2/c14-13(15,16)9-3-1-2-8(6-9)12(20)18-10(7-4-5-7)11(17)19-21/h1-3,6-7,10,21H,4-5H2,(H2,17,19)(H,18,20). The number of nitrogens with one attached hydrogen (secondary N) is 1. The minimum atomic E-state index is -4.52. The van der Waals surface area contributed by atoms with E-state index in [1.54, 1.807) is 0 Å². The largest absolute Gasteiger partial charge is 0.416 e. The summed E-state index contributed by atoms with van der Waals surface area (Å²) in [6, 6.07) is 3.43. The molecule has 1 aromatic carbocycles. The monoisotopic (exact) mass is 301 g/mol. The number of oxime groups is 1. The van der Waals surface area contributed by atoms with Gasteiger partial charge in [0.2, 0.25) is 0 Å². The molecule has 0 aromatic heterocycles. The van der Waals surface area contributed by atoms with Gasteiger partial charge >= 0.3 is 6.18 Å². The maximum absolute atomic E-state index is 12.6. The summed E-state index contributed by atoms with van der Waals surface area (Å²) in [6.45, 7) is 0. The Kier molecular flexibility index (Phi) is 4.06. The van der Waals surface area contributed by atoms with Crippen LogP contribution < -0.4 is 11.1 Å². The first kappa shape index (κ1) is 15.1. The molecule has 0 saturated heterocycles. The fraction of sp³-hybridized carbons (Fsp3) is 0.385. The van der Waals surface area contributed by atoms with Crippen molar-refractivity contribution in [1.82, 2.24) is 5.32 Å². The lowest BCUT2D eigenvalue weighted by Crippen LogP contribution is -2.46. The van der Waals surface area contributed by atoms with Crippen molar-refractivity contribution >= 4 is 11.7 Å². The van der Waals surface area contributed by atoms with E-state index in [0.29, 0.717) is 0 Å². The first-order valence-corrected chi connectivity index (χ1v) is 6.28. The second kappa shape index (κ2) is 5.63. The number of benzene rings is 1. The lowest BCUT2D eigenvalue weighted by atomic mass is 10.1. The van der Waals surface area contributed by atoms with Gasteiger partial charge in [0.25, 0.3) is 5.91 Å². The Morgan fingerprint density at radius 3 is 2.62 bits per heavy atom. The molecule has 0 spiro atoms. The van der Waals surface area contributed by atoms with Crippen LogP contribution in [0.2, 0.25) is 0 Å². The van der Waals surface area contributed by atoms with Gasteiger partial charge in [-0.2, -0.15) is 13.2 Å². The third-order valence-corrected chi connectivity index (χ3v) is 3.27. The third-order valence-electron chi connectivity index (χ3n) is 3.27. The zero-order valence-corrected chi connectivity index (χ0v) is 10.9. The maximum atomic E-state index is 12.6. The van der Waals surface area contributed by atoms with Crippen LogP contribution >= 0.6 is 0 Å². The van der Waals surface area contributed by atoms with E-state index < -0.39 is 23.7 Å². The molecule has 1 aliphatic carbocycles. The van der Waals surface area contributed by atoms with Gasteiger partial charge < -0.3 is 16.3 Å². The molecular weight excluding hydrogens is 287 g/mol. The molecule has 0 heterocycles. The molecule has 114 valence electrons. The van der Waals surface area contributed by atoms with Crippen LogP contribution in [0.1, 0.15) is 28.8 Å². The molecule has 0 radical (unpaired) electrons. The van der Waals surface area contributed by atoms with Gasteiger partial charge in [0, 0.05) is 5.56 Å². The Balaban J connectivity index is 2.16. The predicted molar refractivity (Wildman–Crippen MR) is 68.8 cm³/mol. The van der Waals surface area contributed by atoms with Crippen LogP contribution in [0, 0.1) is 5.92 Å². The molecule has 2 rings (SSSR count). The normalized spacial score (nSPS) is 17.4. The average Bonchev–Trinajstić information content (AvgIpc) is 3.27. The summed E-state index contributed by atoms with van der Waals surface area (Å²) in [5.74, 6) is -0.793. The van der Waals surface area contributed by atoms with Gasteiger partial charge in [-0.1, -0.05) is 11.2 Å². The van der Waals surface area contributed by atoms with E-state index in [1.807, 2.05) is 0 Å². The zero-order valence-electron chi connectivity index (χ0n) is 10.9. The molecule has 1 fully saturated rings. The van der Waals surface area contributed by atoms with Crippen LogP contribution in [0.25, 0.3) is 0 Å². The van der Waals surface area contributed by atoms with Gasteiger partial charge in [-0.3, -0.25) is 4.79 Å². The molecule has 21 heavy (non-hydrogen) atoms. The molecule has 1 saturated carbocycles. The van der Waals surface area contributed by atoms with Crippen LogP contribution in [0.15, 0.2) is 29.4 Å². The number of hydrogen-bond acceptors (Lipinski definition) is 3. The van der Waals surface area contributed by atoms with E-state index in [0.717, 1.165) is 31.0 Å². The van der Waals surface area contributed by atoms with E-state index in [2.05, 4.69) is 10.5 Å². The van der Waals surface area contributed by atoms with Crippen LogP contribution in [0.5, 0.6) is 0 Å². The van der Waals surface area contributed by atoms with Crippen LogP contribution in [0.3, 0.4) is 0 Å². The van der Waals surface area contributed by atoms with Crippen molar-refractivity contribution in [2.75, 3.05) is 0 Å². The minimum absolute atomic E-state index is 0.0515. The van der Waals surface area contributed by atoms with Crippen molar-refractivity contribution in [1.29, 1.82) is 0 Å². The SMILES string of the molecule is NC(=NO)C(NC(=O)c1cccc(C(F)(F)F)c1)C1CC1. The topological polar surface area (TPSA) is 87.7 Å². The number of hydrogen-bond donors (Lipinski definition) is 3. The zero-order chi connectivity index (χ0) is 15.6. The molecule has 1 atom stereocenters. The highest BCUT2D eigenvalue weighted by atomic mass is 19.4.